The van der Waals surface area contributed by atoms with Crippen LogP contribution in [0, 0.1) is 0 Å². The second-order valence-corrected chi connectivity index (χ2v) is 6.95. The minimum Gasteiger partial charge on any atom is -0.324 e. The van der Waals surface area contributed by atoms with E-state index in [4.69, 9.17) is 0 Å². The molecule has 1 atom stereocenters. The molecule has 2 amide bonds. The number of nitrogens with zero attached hydrogens (tertiary/aromatic N) is 2. The first-order valence-electron chi connectivity index (χ1n) is 8.40. The molecule has 1 fully saturated rings. The first-order valence-corrected chi connectivity index (χ1v) is 9.28. The molecular formula is C20H17N3O2S. The largest absolute Gasteiger partial charge is 0.324 e. The fraction of sp³-hybridized carbons (Fsp3) is 0.150. The van der Waals surface area contributed by atoms with Crippen LogP contribution in [0.15, 0.2) is 66.2 Å². The summed E-state index contributed by atoms with van der Waals surface area (Å²) in [4.78, 5) is 30.9. The van der Waals surface area contributed by atoms with Crippen LogP contribution in [0.4, 0.5) is 11.4 Å². The molecule has 2 aromatic carbocycles. The van der Waals surface area contributed by atoms with Crippen molar-refractivity contribution in [3.63, 3.8) is 0 Å². The Bertz CT molecular complexity index is 908. The van der Waals surface area contributed by atoms with Crippen molar-refractivity contribution in [3.05, 3.63) is 66.2 Å². The number of benzene rings is 2. The fourth-order valence-electron chi connectivity index (χ4n) is 3.13. The summed E-state index contributed by atoms with van der Waals surface area (Å²) >= 11 is 1.57. The minimum absolute atomic E-state index is 0.0181. The van der Waals surface area contributed by atoms with E-state index in [1.165, 1.54) is 0 Å². The van der Waals surface area contributed by atoms with Crippen LogP contribution in [0.5, 0.6) is 0 Å². The quantitative estimate of drug-likeness (QED) is 0.764. The standard InChI is InChI=1S/C20H17N3O2S/c24-18-11-10-17(23(18)16-4-2-1-3-5-16)19(25)22-15-8-6-14(7-9-15)20-21-12-13-26-20/h1-9,12-13,17H,10-11H2,(H,22,25). The molecule has 1 saturated heterocycles. The average molecular weight is 363 g/mol. The van der Waals surface area contributed by atoms with Gasteiger partial charge in [-0.2, -0.15) is 0 Å². The summed E-state index contributed by atoms with van der Waals surface area (Å²) in [7, 11) is 0. The molecule has 0 saturated carbocycles. The van der Waals surface area contributed by atoms with Gasteiger partial charge in [0.25, 0.3) is 0 Å². The summed E-state index contributed by atoms with van der Waals surface area (Å²) in [6.45, 7) is 0. The second-order valence-electron chi connectivity index (χ2n) is 6.06. The van der Waals surface area contributed by atoms with Crippen molar-refractivity contribution in [1.29, 1.82) is 0 Å². The van der Waals surface area contributed by atoms with Crippen LogP contribution in [-0.4, -0.2) is 22.8 Å². The van der Waals surface area contributed by atoms with E-state index in [-0.39, 0.29) is 11.8 Å². The van der Waals surface area contributed by atoms with Crippen LogP contribution in [-0.2, 0) is 9.59 Å². The maximum atomic E-state index is 12.7. The van der Waals surface area contributed by atoms with Gasteiger partial charge in [0.05, 0.1) is 0 Å². The van der Waals surface area contributed by atoms with Crippen LogP contribution < -0.4 is 10.2 Å². The minimum atomic E-state index is -0.483. The lowest BCUT2D eigenvalue weighted by atomic mass is 10.1. The Morgan fingerprint density at radius 2 is 1.88 bits per heavy atom. The van der Waals surface area contributed by atoms with Gasteiger partial charge in [-0.3, -0.25) is 14.5 Å². The third kappa shape index (κ3) is 3.23. The van der Waals surface area contributed by atoms with Crippen molar-refractivity contribution in [3.8, 4) is 10.6 Å². The number of anilines is 2. The molecule has 4 rings (SSSR count). The Morgan fingerprint density at radius 1 is 1.12 bits per heavy atom. The zero-order chi connectivity index (χ0) is 17.9. The molecule has 0 bridgehead atoms. The highest BCUT2D eigenvalue weighted by molar-refractivity contribution is 7.13. The molecule has 1 aliphatic rings. The molecule has 3 aromatic rings. The lowest BCUT2D eigenvalue weighted by Crippen LogP contribution is -2.41. The normalized spacial score (nSPS) is 16.7. The van der Waals surface area contributed by atoms with Gasteiger partial charge in [-0.15, -0.1) is 11.3 Å². The lowest BCUT2D eigenvalue weighted by molar-refractivity contribution is -0.120. The van der Waals surface area contributed by atoms with Gasteiger partial charge in [0.15, 0.2) is 0 Å². The molecule has 0 aliphatic carbocycles. The van der Waals surface area contributed by atoms with Gasteiger partial charge in [-0.1, -0.05) is 18.2 Å². The number of thiazole rings is 1. The monoisotopic (exact) mass is 363 g/mol. The average Bonchev–Trinajstić information content (AvgIpc) is 3.33. The molecule has 1 unspecified atom stereocenters. The molecule has 1 aromatic heterocycles. The molecule has 26 heavy (non-hydrogen) atoms. The maximum Gasteiger partial charge on any atom is 0.247 e. The van der Waals surface area contributed by atoms with E-state index in [2.05, 4.69) is 10.3 Å². The number of nitrogens with one attached hydrogen (secondary N) is 1. The van der Waals surface area contributed by atoms with Crippen molar-refractivity contribution in [2.45, 2.75) is 18.9 Å². The summed E-state index contributed by atoms with van der Waals surface area (Å²) in [6, 6.07) is 16.4. The van der Waals surface area contributed by atoms with Crippen LogP contribution in [0.3, 0.4) is 0 Å². The highest BCUT2D eigenvalue weighted by Gasteiger charge is 2.36. The summed E-state index contributed by atoms with van der Waals surface area (Å²) in [5.41, 5.74) is 2.48. The summed E-state index contributed by atoms with van der Waals surface area (Å²) in [5.74, 6) is -0.183. The van der Waals surface area contributed by atoms with Crippen molar-refractivity contribution < 1.29 is 9.59 Å². The lowest BCUT2D eigenvalue weighted by Gasteiger charge is -2.24. The molecule has 6 heteroatoms. The third-order valence-corrected chi connectivity index (χ3v) is 5.20. The Labute approximate surface area is 155 Å². The van der Waals surface area contributed by atoms with Crippen LogP contribution in [0.25, 0.3) is 10.6 Å². The van der Waals surface area contributed by atoms with Crippen LogP contribution in [0.1, 0.15) is 12.8 Å². The molecule has 5 nitrogen and oxygen atoms in total. The van der Waals surface area contributed by atoms with Crippen molar-refractivity contribution >= 4 is 34.5 Å². The van der Waals surface area contributed by atoms with Crippen LogP contribution in [0.2, 0.25) is 0 Å². The first kappa shape index (κ1) is 16.5. The summed E-state index contributed by atoms with van der Waals surface area (Å²) in [6.07, 6.45) is 2.68. The topological polar surface area (TPSA) is 62.3 Å². The summed E-state index contributed by atoms with van der Waals surface area (Å²) < 4.78 is 0. The number of carbonyl (C=O) groups excluding carboxylic acids is 2. The van der Waals surface area contributed by atoms with Crippen molar-refractivity contribution in [1.82, 2.24) is 4.98 Å². The third-order valence-electron chi connectivity index (χ3n) is 4.38. The van der Waals surface area contributed by atoms with Gasteiger partial charge >= 0.3 is 0 Å². The van der Waals surface area contributed by atoms with Gasteiger partial charge in [0.1, 0.15) is 11.0 Å². The van der Waals surface area contributed by atoms with Gasteiger partial charge in [-0.25, -0.2) is 4.98 Å². The van der Waals surface area contributed by atoms with Gasteiger partial charge in [0, 0.05) is 34.9 Å². The number of hydrogen-bond donors (Lipinski definition) is 1. The van der Waals surface area contributed by atoms with Gasteiger partial charge in [0.2, 0.25) is 11.8 Å². The molecular weight excluding hydrogens is 346 g/mol. The highest BCUT2D eigenvalue weighted by Crippen LogP contribution is 2.28. The molecule has 130 valence electrons. The number of amides is 2. The highest BCUT2D eigenvalue weighted by atomic mass is 32.1. The SMILES string of the molecule is O=C(Nc1ccc(-c2nccs2)cc1)C1CCC(=O)N1c1ccccc1. The van der Waals surface area contributed by atoms with E-state index in [9.17, 15) is 9.59 Å². The molecule has 2 heterocycles. The Kier molecular flexibility index (Phi) is 4.50. The van der Waals surface area contributed by atoms with E-state index in [0.717, 1.165) is 16.3 Å². The molecule has 1 aliphatic heterocycles. The van der Waals surface area contributed by atoms with E-state index >= 15 is 0 Å². The van der Waals surface area contributed by atoms with E-state index in [1.807, 2.05) is 60.0 Å². The van der Waals surface area contributed by atoms with E-state index in [0.29, 0.717) is 18.5 Å². The van der Waals surface area contributed by atoms with Crippen molar-refractivity contribution in [2.24, 2.45) is 0 Å². The number of hydrogen-bond acceptors (Lipinski definition) is 4. The maximum absolute atomic E-state index is 12.7. The Morgan fingerprint density at radius 3 is 2.58 bits per heavy atom. The van der Waals surface area contributed by atoms with Gasteiger partial charge < -0.3 is 5.32 Å². The van der Waals surface area contributed by atoms with Crippen LogP contribution >= 0.6 is 11.3 Å². The predicted molar refractivity (Wildman–Crippen MR) is 103 cm³/mol. The summed E-state index contributed by atoms with van der Waals surface area (Å²) in [5, 5.41) is 5.80. The van der Waals surface area contributed by atoms with Crippen molar-refractivity contribution in [2.75, 3.05) is 10.2 Å². The number of aromatic nitrogens is 1. The molecule has 0 radical (unpaired) electrons. The zero-order valence-electron chi connectivity index (χ0n) is 14.0. The molecule has 0 spiro atoms. The van der Waals surface area contributed by atoms with E-state index < -0.39 is 6.04 Å². The number of rotatable bonds is 4. The molecule has 1 N–H and O–H groups in total. The smallest absolute Gasteiger partial charge is 0.247 e. The first-order chi connectivity index (χ1) is 12.7. The Balaban J connectivity index is 1.50. The fourth-order valence-corrected chi connectivity index (χ4v) is 3.78. The zero-order valence-corrected chi connectivity index (χ0v) is 14.8. The number of carbonyl (C=O) groups is 2. The number of para-hydroxylation sites is 1. The Hall–Kier alpha value is -2.99. The van der Waals surface area contributed by atoms with E-state index in [1.54, 1.807) is 22.4 Å². The predicted octanol–water partition coefficient (Wildman–Crippen LogP) is 3.94. The van der Waals surface area contributed by atoms with Gasteiger partial charge in [-0.05, 0) is 42.8 Å². The second kappa shape index (κ2) is 7.09.